The van der Waals surface area contributed by atoms with Crippen molar-refractivity contribution in [3.63, 3.8) is 0 Å². The summed E-state index contributed by atoms with van der Waals surface area (Å²) in [5, 5.41) is 23.0. The summed E-state index contributed by atoms with van der Waals surface area (Å²) in [4.78, 5) is 40.1. The average molecular weight is 1490 g/mol. The third-order valence-corrected chi connectivity index (χ3v) is 24.4. The van der Waals surface area contributed by atoms with E-state index in [-0.39, 0.29) is 0 Å². The molecule has 0 saturated heterocycles. The molecule has 0 aliphatic rings. The molecule has 0 radical (unpaired) electrons. The summed E-state index contributed by atoms with van der Waals surface area (Å²) >= 11 is 3.69. The van der Waals surface area contributed by atoms with Gasteiger partial charge in [-0.25, -0.2) is 39.9 Å². The number of thiophene rings is 2. The van der Waals surface area contributed by atoms with E-state index in [1.807, 2.05) is 144 Å². The number of hydrogen-bond acceptors (Lipinski definition) is 12. The lowest BCUT2D eigenvalue weighted by Crippen LogP contribution is -2.02. The van der Waals surface area contributed by atoms with Crippen LogP contribution >= 0.6 is 22.7 Å². The summed E-state index contributed by atoms with van der Waals surface area (Å²) in [6, 6.07) is 120. The first-order chi connectivity index (χ1) is 56.5. The SMILES string of the molecule is c1ccc(-c2nc(-c3ccccc3)nc(-c3nc4cc5c(cc4c4ccccc34)sc3ccccc35)n2)cc1.c1ccc2c(c1)ccc1nc(-c3nc4cc5oc6ccccc6c5cc4c4ccccc34)ncc12.c1ccc2c(c1)oc1cc3nc(-c4ccc(-c5cccc6c5sc5ccccc56)cc4)c4ccccc4c3cc12. The fourth-order valence-electron chi connectivity index (χ4n) is 16.7. The molecule has 9 aromatic heterocycles. The van der Waals surface area contributed by atoms with Gasteiger partial charge in [-0.2, -0.15) is 0 Å². The van der Waals surface area contributed by atoms with E-state index in [4.69, 9.17) is 48.7 Å². The Balaban J connectivity index is 0.000000102. The zero-order valence-electron chi connectivity index (χ0n) is 60.7. The number of pyridine rings is 3. The lowest BCUT2D eigenvalue weighted by atomic mass is 9.97. The molecule has 0 atom stereocenters. The lowest BCUT2D eigenvalue weighted by molar-refractivity contribution is 0.669. The summed E-state index contributed by atoms with van der Waals surface area (Å²) in [5.41, 5.74) is 15.1. The van der Waals surface area contributed by atoms with Gasteiger partial charge >= 0.3 is 0 Å². The van der Waals surface area contributed by atoms with Crippen LogP contribution in [0.15, 0.2) is 361 Å². The van der Waals surface area contributed by atoms with Gasteiger partial charge in [0.25, 0.3) is 0 Å². The maximum atomic E-state index is 6.20. The molecule has 0 bridgehead atoms. The molecule has 0 unspecified atom stereocenters. The summed E-state index contributed by atoms with van der Waals surface area (Å²) in [7, 11) is 0. The molecule has 0 fully saturated rings. The number of furan rings is 2. The molecule has 9 heterocycles. The molecule has 530 valence electrons. The number of aromatic nitrogens is 8. The van der Waals surface area contributed by atoms with Crippen LogP contribution in [0.4, 0.5) is 0 Å². The van der Waals surface area contributed by atoms with E-state index in [0.29, 0.717) is 23.3 Å². The topological polar surface area (TPSA) is 129 Å². The van der Waals surface area contributed by atoms with E-state index in [1.165, 1.54) is 62.2 Å². The van der Waals surface area contributed by atoms with Crippen molar-refractivity contribution in [3.05, 3.63) is 352 Å². The number of nitrogens with zero attached hydrogens (tertiary/aromatic N) is 8. The molecule has 0 spiro atoms. The minimum absolute atomic E-state index is 0.566. The normalized spacial score (nSPS) is 11.9. The lowest BCUT2D eigenvalue weighted by Gasteiger charge is -2.12. The van der Waals surface area contributed by atoms with Gasteiger partial charge < -0.3 is 8.83 Å². The van der Waals surface area contributed by atoms with E-state index in [0.717, 1.165) is 154 Å². The monoisotopic (exact) mass is 1490 g/mol. The summed E-state index contributed by atoms with van der Waals surface area (Å²) in [6.07, 6.45) is 1.92. The van der Waals surface area contributed by atoms with Crippen LogP contribution in [0.3, 0.4) is 0 Å². The summed E-state index contributed by atoms with van der Waals surface area (Å²) in [5.74, 6) is 2.45. The van der Waals surface area contributed by atoms with Gasteiger partial charge in [0.05, 0.1) is 27.8 Å². The van der Waals surface area contributed by atoms with Crippen LogP contribution in [0.5, 0.6) is 0 Å². The summed E-state index contributed by atoms with van der Waals surface area (Å²) in [6.45, 7) is 0. The predicted molar refractivity (Wildman–Crippen MR) is 475 cm³/mol. The number of benzene rings is 16. The highest BCUT2D eigenvalue weighted by molar-refractivity contribution is 7.26. The van der Waals surface area contributed by atoms with E-state index in [9.17, 15) is 0 Å². The Morgan fingerprint density at radius 3 is 1.25 bits per heavy atom. The van der Waals surface area contributed by atoms with Crippen molar-refractivity contribution < 1.29 is 8.83 Å². The van der Waals surface area contributed by atoms with Crippen molar-refractivity contribution in [3.8, 4) is 68.2 Å². The van der Waals surface area contributed by atoms with Gasteiger partial charge in [-0.05, 0) is 92.7 Å². The highest BCUT2D eigenvalue weighted by Gasteiger charge is 2.22. The van der Waals surface area contributed by atoms with Crippen molar-refractivity contribution in [2.45, 2.75) is 0 Å². The standard InChI is InChI=1S/C37H21NOS.C34H20N4S.C31H17N3O/c1-2-11-28-25(8-1)30-20-31-26-9-3-5-14-33(26)39-34(31)21-32(30)38-36(28)23-18-16-22(17-19-23)24-12-7-13-29-27-10-4-6-15-35(27)40-37(24)29;1-3-11-21(12-4-1)32-36-33(22-13-5-2-6-14-22)38-34(37-32)31-25-17-8-7-15-23(25)26-20-30-27(19-28(26)35-31)24-16-9-10-18-29(24)39-30;1-2-8-19-18(7-1)13-14-26-25(19)17-32-31(34-26)30-22-11-4-3-9-20(22)23-15-24-21-10-5-6-12-28(21)35-29(24)16-27(23)33-30/h1-21H;1-20H;1-17H. The predicted octanol–water partition coefficient (Wildman–Crippen LogP) is 28.0. The number of hydrogen-bond donors (Lipinski definition) is 0. The van der Waals surface area contributed by atoms with Crippen molar-refractivity contribution in [2.75, 3.05) is 0 Å². The van der Waals surface area contributed by atoms with Crippen LogP contribution in [0.25, 0.3) is 239 Å². The Morgan fingerprint density at radius 1 is 0.202 bits per heavy atom. The molecule has 0 N–H and O–H groups in total. The number of fused-ring (bicyclic) bond motifs is 24. The van der Waals surface area contributed by atoms with E-state index in [1.54, 1.807) is 0 Å². The van der Waals surface area contributed by atoms with Crippen molar-refractivity contribution in [1.29, 1.82) is 0 Å². The van der Waals surface area contributed by atoms with Gasteiger partial charge in [0, 0.05) is 135 Å². The molecular weight excluding hydrogens is 1430 g/mol. The second-order valence-electron chi connectivity index (χ2n) is 28.7. The molecule has 12 heteroatoms. The van der Waals surface area contributed by atoms with Crippen molar-refractivity contribution >= 4 is 194 Å². The molecule has 0 aliphatic heterocycles. The second-order valence-corrected chi connectivity index (χ2v) is 30.9. The van der Waals surface area contributed by atoms with Crippen LogP contribution in [0, 0.1) is 0 Å². The first kappa shape index (κ1) is 65.1. The van der Waals surface area contributed by atoms with Gasteiger partial charge in [0.15, 0.2) is 23.3 Å². The molecule has 25 rings (SSSR count). The summed E-state index contributed by atoms with van der Waals surface area (Å²) < 4.78 is 17.6. The smallest absolute Gasteiger partial charge is 0.183 e. The zero-order chi connectivity index (χ0) is 74.9. The third kappa shape index (κ3) is 10.9. The maximum absolute atomic E-state index is 6.20. The Hall–Kier alpha value is -14.8. The van der Waals surface area contributed by atoms with E-state index < -0.39 is 0 Å². The van der Waals surface area contributed by atoms with Gasteiger partial charge in [-0.1, -0.05) is 279 Å². The van der Waals surface area contributed by atoms with Gasteiger partial charge in [-0.15, -0.1) is 22.7 Å². The molecule has 25 aromatic rings. The third-order valence-electron chi connectivity index (χ3n) is 22.1. The van der Waals surface area contributed by atoms with Crippen LogP contribution in [0.2, 0.25) is 0 Å². The molecule has 114 heavy (non-hydrogen) atoms. The van der Waals surface area contributed by atoms with Gasteiger partial charge in [0.1, 0.15) is 33.7 Å². The van der Waals surface area contributed by atoms with Crippen LogP contribution < -0.4 is 0 Å². The minimum atomic E-state index is 0.566. The highest BCUT2D eigenvalue weighted by Crippen LogP contribution is 2.45. The van der Waals surface area contributed by atoms with Crippen molar-refractivity contribution in [1.82, 2.24) is 39.9 Å². The Morgan fingerprint density at radius 2 is 0.649 bits per heavy atom. The van der Waals surface area contributed by atoms with Crippen LogP contribution in [-0.2, 0) is 0 Å². The largest absolute Gasteiger partial charge is 0.456 e. The van der Waals surface area contributed by atoms with E-state index in [2.05, 4.69) is 231 Å². The zero-order valence-corrected chi connectivity index (χ0v) is 62.3. The first-order valence-electron chi connectivity index (χ1n) is 37.9. The van der Waals surface area contributed by atoms with Gasteiger partial charge in [0.2, 0.25) is 0 Å². The Labute approximate surface area is 657 Å². The quantitative estimate of drug-likeness (QED) is 0.148. The Kier molecular flexibility index (Phi) is 15.1. The fourth-order valence-corrected chi connectivity index (χ4v) is 19.0. The minimum Gasteiger partial charge on any atom is -0.456 e. The number of rotatable bonds is 6. The molecule has 0 aliphatic carbocycles. The van der Waals surface area contributed by atoms with Crippen molar-refractivity contribution in [2.24, 2.45) is 0 Å². The molecule has 0 saturated carbocycles. The fraction of sp³-hybridized carbons (Fsp3) is 0. The van der Waals surface area contributed by atoms with E-state index >= 15 is 0 Å². The molecule has 0 amide bonds. The Bertz CT molecular complexity index is 8210. The van der Waals surface area contributed by atoms with Crippen LogP contribution in [-0.4, -0.2) is 39.9 Å². The highest BCUT2D eigenvalue weighted by atomic mass is 32.1. The first-order valence-corrected chi connectivity index (χ1v) is 39.5. The number of para-hydroxylation sites is 2. The van der Waals surface area contributed by atoms with Gasteiger partial charge in [-0.3, -0.25) is 0 Å². The molecule has 16 aromatic carbocycles. The maximum Gasteiger partial charge on any atom is 0.183 e. The average Bonchev–Trinajstić information content (AvgIpc) is 1.41. The van der Waals surface area contributed by atoms with Crippen LogP contribution in [0.1, 0.15) is 0 Å². The molecular formula is C102H58N8O2S2. The molecule has 10 nitrogen and oxygen atoms in total. The second kappa shape index (κ2) is 26.5.